The lowest BCUT2D eigenvalue weighted by molar-refractivity contribution is -0.143. The Morgan fingerprint density at radius 3 is 2.85 bits per heavy atom. The molecule has 1 fully saturated rings. The number of anilines is 1. The number of carbonyl (C=O) groups is 2. The summed E-state index contributed by atoms with van der Waals surface area (Å²) in [7, 11) is 0. The van der Waals surface area contributed by atoms with Crippen LogP contribution in [0.5, 0.6) is 0 Å². The maximum Gasteiger partial charge on any atom is 0.321 e. The van der Waals surface area contributed by atoms with Crippen molar-refractivity contribution in [3.05, 3.63) is 29.0 Å². The van der Waals surface area contributed by atoms with Gasteiger partial charge in [0, 0.05) is 13.1 Å². The van der Waals surface area contributed by atoms with Gasteiger partial charge in [0.15, 0.2) is 0 Å². The molecule has 2 rings (SSSR count). The molecule has 5 nitrogen and oxygen atoms in total. The number of piperidine rings is 1. The summed E-state index contributed by atoms with van der Waals surface area (Å²) in [5.41, 5.74) is 0.301. The second kappa shape index (κ2) is 6.09. The van der Waals surface area contributed by atoms with E-state index in [2.05, 4.69) is 5.32 Å². The number of nitrogens with zero attached hydrogens (tertiary/aromatic N) is 1. The number of hydrogen-bond acceptors (Lipinski definition) is 2. The number of hydrogen-bond donors (Lipinski definition) is 2. The number of halogens is 2. The molecule has 7 heteroatoms. The molecule has 2 amide bonds. The molecule has 1 aromatic rings. The van der Waals surface area contributed by atoms with Crippen molar-refractivity contribution < 1.29 is 19.1 Å². The Bertz CT molecular complexity index is 538. The van der Waals surface area contributed by atoms with Crippen LogP contribution >= 0.6 is 11.6 Å². The Morgan fingerprint density at radius 1 is 1.45 bits per heavy atom. The van der Waals surface area contributed by atoms with Crippen molar-refractivity contribution in [1.82, 2.24) is 4.90 Å². The molecule has 0 saturated carbocycles. The SMILES string of the molecule is O=C(O)[C@@H]1CCCN(C(=O)Nc2ccc(F)cc2Cl)C1. The quantitative estimate of drug-likeness (QED) is 0.882. The average Bonchev–Trinajstić information content (AvgIpc) is 2.42. The van der Waals surface area contributed by atoms with E-state index in [1.807, 2.05) is 0 Å². The molecule has 1 aromatic carbocycles. The number of urea groups is 1. The summed E-state index contributed by atoms with van der Waals surface area (Å²) in [6.07, 6.45) is 1.21. The van der Waals surface area contributed by atoms with Gasteiger partial charge in [0.05, 0.1) is 16.6 Å². The second-order valence-electron chi connectivity index (χ2n) is 4.68. The van der Waals surface area contributed by atoms with Crippen LogP contribution in [0.3, 0.4) is 0 Å². The van der Waals surface area contributed by atoms with Crippen molar-refractivity contribution in [3.8, 4) is 0 Å². The largest absolute Gasteiger partial charge is 0.481 e. The lowest BCUT2D eigenvalue weighted by Crippen LogP contribution is -2.44. The van der Waals surface area contributed by atoms with Crippen molar-refractivity contribution in [3.63, 3.8) is 0 Å². The lowest BCUT2D eigenvalue weighted by atomic mass is 9.99. The van der Waals surface area contributed by atoms with Gasteiger partial charge in [0.25, 0.3) is 0 Å². The van der Waals surface area contributed by atoms with E-state index in [1.165, 1.54) is 17.0 Å². The predicted molar refractivity (Wildman–Crippen MR) is 72.4 cm³/mol. The predicted octanol–water partition coefficient (Wildman–Crippen LogP) is 2.81. The Morgan fingerprint density at radius 2 is 2.20 bits per heavy atom. The van der Waals surface area contributed by atoms with Crippen molar-refractivity contribution >= 4 is 29.3 Å². The average molecular weight is 301 g/mol. The fraction of sp³-hybridized carbons (Fsp3) is 0.385. The van der Waals surface area contributed by atoms with Crippen molar-refractivity contribution in [2.45, 2.75) is 12.8 Å². The topological polar surface area (TPSA) is 69.6 Å². The monoisotopic (exact) mass is 300 g/mol. The highest BCUT2D eigenvalue weighted by atomic mass is 35.5. The summed E-state index contributed by atoms with van der Waals surface area (Å²) in [4.78, 5) is 24.4. The first-order valence-electron chi connectivity index (χ1n) is 6.21. The molecule has 0 radical (unpaired) electrons. The number of benzene rings is 1. The number of carboxylic acids is 1. The Hall–Kier alpha value is -1.82. The van der Waals surface area contributed by atoms with E-state index in [0.717, 1.165) is 6.07 Å². The summed E-state index contributed by atoms with van der Waals surface area (Å²) in [5.74, 6) is -1.93. The first-order chi connectivity index (χ1) is 9.47. The highest BCUT2D eigenvalue weighted by molar-refractivity contribution is 6.33. The standard InChI is InChI=1S/C13H14ClFN2O3/c14-10-6-9(15)3-4-11(10)16-13(20)17-5-1-2-8(7-17)12(18)19/h3-4,6,8H,1-2,5,7H2,(H,16,20)(H,18,19)/t8-/m1/s1. The van der Waals surface area contributed by atoms with Gasteiger partial charge in [-0.1, -0.05) is 11.6 Å². The molecular weight excluding hydrogens is 287 g/mol. The number of likely N-dealkylation sites (tertiary alicyclic amines) is 1. The zero-order chi connectivity index (χ0) is 14.7. The molecule has 0 aliphatic carbocycles. The van der Waals surface area contributed by atoms with Crippen molar-refractivity contribution in [2.24, 2.45) is 5.92 Å². The van der Waals surface area contributed by atoms with Gasteiger partial charge in [-0.2, -0.15) is 0 Å². The van der Waals surface area contributed by atoms with Gasteiger partial charge < -0.3 is 15.3 Å². The molecule has 108 valence electrons. The normalized spacial score (nSPS) is 18.7. The van der Waals surface area contributed by atoms with Gasteiger partial charge >= 0.3 is 12.0 Å². The van der Waals surface area contributed by atoms with Crippen LogP contribution in [0.15, 0.2) is 18.2 Å². The summed E-state index contributed by atoms with van der Waals surface area (Å²) in [5, 5.41) is 11.6. The third-order valence-electron chi connectivity index (χ3n) is 3.23. The fourth-order valence-corrected chi connectivity index (χ4v) is 2.36. The van der Waals surface area contributed by atoms with E-state index in [4.69, 9.17) is 16.7 Å². The van der Waals surface area contributed by atoms with Crippen LogP contribution in [0.2, 0.25) is 5.02 Å². The van der Waals surface area contributed by atoms with E-state index in [0.29, 0.717) is 25.1 Å². The van der Waals surface area contributed by atoms with Crippen LogP contribution in [0.25, 0.3) is 0 Å². The minimum Gasteiger partial charge on any atom is -0.481 e. The maximum absolute atomic E-state index is 12.9. The van der Waals surface area contributed by atoms with Gasteiger partial charge in [-0.05, 0) is 31.0 Å². The molecule has 0 bridgehead atoms. The fourth-order valence-electron chi connectivity index (χ4n) is 2.15. The Balaban J connectivity index is 2.02. The van der Waals surface area contributed by atoms with Gasteiger partial charge in [0.1, 0.15) is 5.82 Å². The molecule has 0 spiro atoms. The van der Waals surface area contributed by atoms with Crippen LogP contribution in [-0.2, 0) is 4.79 Å². The lowest BCUT2D eigenvalue weighted by Gasteiger charge is -2.30. The summed E-state index contributed by atoms with van der Waals surface area (Å²) < 4.78 is 12.9. The van der Waals surface area contributed by atoms with E-state index in [1.54, 1.807) is 0 Å². The third-order valence-corrected chi connectivity index (χ3v) is 3.54. The van der Waals surface area contributed by atoms with E-state index < -0.39 is 23.7 Å². The first-order valence-corrected chi connectivity index (χ1v) is 6.59. The molecular formula is C13H14ClFN2O3. The van der Waals surface area contributed by atoms with Crippen molar-refractivity contribution in [1.29, 1.82) is 0 Å². The van der Waals surface area contributed by atoms with Crippen LogP contribution in [0.1, 0.15) is 12.8 Å². The molecule has 1 aliphatic rings. The molecule has 20 heavy (non-hydrogen) atoms. The summed E-state index contributed by atoms with van der Waals surface area (Å²) in [6, 6.07) is 3.24. The number of carboxylic acid groups (broad SMARTS) is 1. The molecule has 1 saturated heterocycles. The second-order valence-corrected chi connectivity index (χ2v) is 5.08. The molecule has 0 aromatic heterocycles. The number of aliphatic carboxylic acids is 1. The van der Waals surface area contributed by atoms with Crippen LogP contribution in [-0.4, -0.2) is 35.1 Å². The van der Waals surface area contributed by atoms with Gasteiger partial charge in [-0.3, -0.25) is 4.79 Å². The van der Waals surface area contributed by atoms with Gasteiger partial charge in [-0.25, -0.2) is 9.18 Å². The number of carbonyl (C=O) groups excluding carboxylic acids is 1. The summed E-state index contributed by atoms with van der Waals surface area (Å²) in [6.45, 7) is 0.661. The molecule has 0 unspecified atom stereocenters. The summed E-state index contributed by atoms with van der Waals surface area (Å²) >= 11 is 5.82. The number of rotatable bonds is 2. The van der Waals surface area contributed by atoms with Gasteiger partial charge in [0.2, 0.25) is 0 Å². The number of nitrogens with one attached hydrogen (secondary N) is 1. The maximum atomic E-state index is 12.9. The smallest absolute Gasteiger partial charge is 0.321 e. The first kappa shape index (κ1) is 14.6. The van der Waals surface area contributed by atoms with Crippen LogP contribution in [0, 0.1) is 11.7 Å². The number of amides is 2. The highest BCUT2D eigenvalue weighted by Gasteiger charge is 2.28. The van der Waals surface area contributed by atoms with Gasteiger partial charge in [-0.15, -0.1) is 0 Å². The molecule has 1 heterocycles. The molecule has 2 N–H and O–H groups in total. The van der Waals surface area contributed by atoms with E-state index >= 15 is 0 Å². The highest BCUT2D eigenvalue weighted by Crippen LogP contribution is 2.24. The third kappa shape index (κ3) is 3.39. The van der Waals surface area contributed by atoms with Crippen molar-refractivity contribution in [2.75, 3.05) is 18.4 Å². The molecule has 1 aliphatic heterocycles. The minimum absolute atomic E-state index is 0.102. The Kier molecular flexibility index (Phi) is 4.44. The zero-order valence-electron chi connectivity index (χ0n) is 10.6. The Labute approximate surface area is 120 Å². The van der Waals surface area contributed by atoms with Crippen LogP contribution in [0.4, 0.5) is 14.9 Å². The minimum atomic E-state index is -0.901. The molecule has 1 atom stereocenters. The zero-order valence-corrected chi connectivity index (χ0v) is 11.4. The van der Waals surface area contributed by atoms with E-state index in [-0.39, 0.29) is 11.6 Å². The van der Waals surface area contributed by atoms with Crippen LogP contribution < -0.4 is 5.32 Å². The van der Waals surface area contributed by atoms with E-state index in [9.17, 15) is 14.0 Å².